The topological polar surface area (TPSA) is 38.9 Å². The van der Waals surface area contributed by atoms with E-state index in [0.717, 1.165) is 5.92 Å². The number of nitrogens with two attached hydrogens (primary N) is 1. The molecule has 3 heteroatoms. The van der Waals surface area contributed by atoms with Crippen molar-refractivity contribution in [2.75, 3.05) is 0 Å². The van der Waals surface area contributed by atoms with Crippen LogP contribution in [0.25, 0.3) is 0 Å². The van der Waals surface area contributed by atoms with Crippen LogP contribution in [-0.2, 0) is 12.8 Å². The first kappa shape index (κ1) is 12.6. The van der Waals surface area contributed by atoms with E-state index in [1.807, 2.05) is 11.3 Å². The van der Waals surface area contributed by atoms with Gasteiger partial charge in [0, 0.05) is 4.88 Å². The highest BCUT2D eigenvalue weighted by atomic mass is 32.1. The fraction of sp³-hybridized carbons (Fsp3) is 0.800. The van der Waals surface area contributed by atoms with E-state index < -0.39 is 0 Å². The van der Waals surface area contributed by atoms with Crippen molar-refractivity contribution in [3.8, 4) is 0 Å². The van der Waals surface area contributed by atoms with Gasteiger partial charge in [0.1, 0.15) is 5.01 Å². The molecule has 1 aromatic rings. The Morgan fingerprint density at radius 3 is 2.61 bits per heavy atom. The van der Waals surface area contributed by atoms with E-state index in [2.05, 4.69) is 6.92 Å². The summed E-state index contributed by atoms with van der Waals surface area (Å²) in [5.74, 6) is 1.58. The minimum absolute atomic E-state index is 0.202. The van der Waals surface area contributed by atoms with E-state index in [1.165, 1.54) is 66.9 Å². The molecule has 2 aliphatic carbocycles. The molecular formula is C15H24N2S. The Balaban J connectivity index is 1.71. The number of nitrogens with zero attached hydrogens (tertiary/aromatic N) is 1. The predicted molar refractivity (Wildman–Crippen MR) is 76.8 cm³/mol. The summed E-state index contributed by atoms with van der Waals surface area (Å²) < 4.78 is 0. The van der Waals surface area contributed by atoms with Crippen LogP contribution in [0.15, 0.2) is 0 Å². The zero-order valence-electron chi connectivity index (χ0n) is 11.3. The third-order valence-corrected chi connectivity index (χ3v) is 5.97. The Kier molecular flexibility index (Phi) is 3.71. The molecule has 0 amide bonds. The quantitative estimate of drug-likeness (QED) is 0.881. The molecule has 0 radical (unpaired) electrons. The number of hydrogen-bond acceptors (Lipinski definition) is 3. The molecule has 18 heavy (non-hydrogen) atoms. The summed E-state index contributed by atoms with van der Waals surface area (Å²) in [5.41, 5.74) is 7.84. The monoisotopic (exact) mass is 264 g/mol. The van der Waals surface area contributed by atoms with Gasteiger partial charge >= 0.3 is 0 Å². The highest BCUT2D eigenvalue weighted by molar-refractivity contribution is 7.11. The van der Waals surface area contributed by atoms with E-state index in [0.29, 0.717) is 5.92 Å². The lowest BCUT2D eigenvalue weighted by Crippen LogP contribution is -2.25. The molecule has 1 aromatic heterocycles. The summed E-state index contributed by atoms with van der Waals surface area (Å²) in [4.78, 5) is 6.36. The van der Waals surface area contributed by atoms with E-state index in [4.69, 9.17) is 10.7 Å². The highest BCUT2D eigenvalue weighted by Gasteiger charge is 2.27. The highest BCUT2D eigenvalue weighted by Crippen LogP contribution is 2.38. The summed E-state index contributed by atoms with van der Waals surface area (Å²) in [6.07, 6.45) is 10.4. The van der Waals surface area contributed by atoms with Gasteiger partial charge in [-0.05, 0) is 50.4 Å². The molecule has 2 nitrogen and oxygen atoms in total. The van der Waals surface area contributed by atoms with Crippen molar-refractivity contribution >= 4 is 11.3 Å². The predicted octanol–water partition coefficient (Wildman–Crippen LogP) is 3.85. The van der Waals surface area contributed by atoms with Crippen LogP contribution in [0.3, 0.4) is 0 Å². The average Bonchev–Trinajstić information content (AvgIpc) is 2.82. The Hall–Kier alpha value is -0.410. The van der Waals surface area contributed by atoms with Crippen molar-refractivity contribution in [2.24, 2.45) is 17.6 Å². The second-order valence-electron chi connectivity index (χ2n) is 6.17. The van der Waals surface area contributed by atoms with Crippen LogP contribution in [0.5, 0.6) is 0 Å². The zero-order valence-corrected chi connectivity index (χ0v) is 12.1. The fourth-order valence-electron chi connectivity index (χ4n) is 3.36. The molecule has 1 saturated carbocycles. The van der Waals surface area contributed by atoms with E-state index in [9.17, 15) is 0 Å². The van der Waals surface area contributed by atoms with Crippen molar-refractivity contribution in [2.45, 2.75) is 64.3 Å². The van der Waals surface area contributed by atoms with Gasteiger partial charge in [-0.1, -0.05) is 19.8 Å². The lowest BCUT2D eigenvalue weighted by atomic mass is 9.79. The molecule has 0 saturated heterocycles. The summed E-state index contributed by atoms with van der Waals surface area (Å²) in [7, 11) is 0. The van der Waals surface area contributed by atoms with Gasteiger partial charge in [-0.3, -0.25) is 0 Å². The van der Waals surface area contributed by atoms with Gasteiger partial charge in [-0.25, -0.2) is 4.98 Å². The van der Waals surface area contributed by atoms with Crippen LogP contribution in [0.1, 0.15) is 67.1 Å². The maximum atomic E-state index is 6.48. The van der Waals surface area contributed by atoms with Gasteiger partial charge in [-0.15, -0.1) is 11.3 Å². The van der Waals surface area contributed by atoms with Gasteiger partial charge in [0.25, 0.3) is 0 Å². The van der Waals surface area contributed by atoms with Crippen LogP contribution >= 0.6 is 11.3 Å². The summed E-state index contributed by atoms with van der Waals surface area (Å²) in [6, 6.07) is 0.202. The fourth-order valence-corrected chi connectivity index (χ4v) is 4.61. The smallest absolute Gasteiger partial charge is 0.110 e. The lowest BCUT2D eigenvalue weighted by Gasteiger charge is -2.29. The second kappa shape index (κ2) is 5.30. The Bertz CT molecular complexity index is 381. The van der Waals surface area contributed by atoms with Gasteiger partial charge < -0.3 is 5.73 Å². The standard InChI is InChI=1S/C15H24N2S/c1-10-6-8-11(9-7-10)14(16)15-17-12-4-2-3-5-13(12)18-15/h10-11,14H,2-9,16H2,1H3. The van der Waals surface area contributed by atoms with E-state index >= 15 is 0 Å². The molecule has 0 aliphatic heterocycles. The number of thiazole rings is 1. The van der Waals surface area contributed by atoms with Gasteiger partial charge in [-0.2, -0.15) is 0 Å². The number of fused-ring (bicyclic) bond motifs is 1. The molecule has 1 atom stereocenters. The Morgan fingerprint density at radius 2 is 1.89 bits per heavy atom. The molecule has 1 heterocycles. The van der Waals surface area contributed by atoms with Gasteiger partial charge in [0.05, 0.1) is 11.7 Å². The maximum absolute atomic E-state index is 6.48. The van der Waals surface area contributed by atoms with Crippen molar-refractivity contribution in [1.82, 2.24) is 4.98 Å². The van der Waals surface area contributed by atoms with Crippen molar-refractivity contribution < 1.29 is 0 Å². The first-order valence-electron chi connectivity index (χ1n) is 7.48. The molecule has 2 N–H and O–H groups in total. The maximum Gasteiger partial charge on any atom is 0.110 e. The van der Waals surface area contributed by atoms with Crippen LogP contribution < -0.4 is 5.73 Å². The Labute approximate surface area is 114 Å². The number of rotatable bonds is 2. The summed E-state index contributed by atoms with van der Waals surface area (Å²) in [5, 5.41) is 1.22. The van der Waals surface area contributed by atoms with Crippen LogP contribution in [-0.4, -0.2) is 4.98 Å². The van der Waals surface area contributed by atoms with Crippen molar-refractivity contribution in [1.29, 1.82) is 0 Å². The second-order valence-corrected chi connectivity index (χ2v) is 7.29. The first-order chi connectivity index (χ1) is 8.74. The molecule has 1 unspecified atom stereocenters. The van der Waals surface area contributed by atoms with E-state index in [-0.39, 0.29) is 6.04 Å². The third kappa shape index (κ3) is 2.48. The normalized spacial score (nSPS) is 29.9. The zero-order chi connectivity index (χ0) is 12.5. The third-order valence-electron chi connectivity index (χ3n) is 4.72. The van der Waals surface area contributed by atoms with Crippen LogP contribution in [0.2, 0.25) is 0 Å². The largest absolute Gasteiger partial charge is 0.322 e. The molecule has 0 bridgehead atoms. The molecular weight excluding hydrogens is 240 g/mol. The van der Waals surface area contributed by atoms with Gasteiger partial charge in [0.2, 0.25) is 0 Å². The minimum Gasteiger partial charge on any atom is -0.322 e. The van der Waals surface area contributed by atoms with Crippen molar-refractivity contribution in [3.05, 3.63) is 15.6 Å². The average molecular weight is 264 g/mol. The number of aromatic nitrogens is 1. The van der Waals surface area contributed by atoms with Crippen LogP contribution in [0, 0.1) is 11.8 Å². The Morgan fingerprint density at radius 1 is 1.17 bits per heavy atom. The number of aryl methyl sites for hydroxylation is 2. The van der Waals surface area contributed by atoms with Crippen molar-refractivity contribution in [3.63, 3.8) is 0 Å². The molecule has 0 aromatic carbocycles. The molecule has 1 fully saturated rings. The minimum atomic E-state index is 0.202. The lowest BCUT2D eigenvalue weighted by molar-refractivity contribution is 0.255. The van der Waals surface area contributed by atoms with E-state index in [1.54, 1.807) is 0 Å². The molecule has 2 aliphatic rings. The number of hydrogen-bond donors (Lipinski definition) is 1. The molecule has 3 rings (SSSR count). The molecule has 100 valence electrons. The summed E-state index contributed by atoms with van der Waals surface area (Å²) in [6.45, 7) is 2.36. The molecule has 0 spiro atoms. The van der Waals surface area contributed by atoms with Gasteiger partial charge in [0.15, 0.2) is 0 Å². The SMILES string of the molecule is CC1CCC(C(N)c2nc3c(s2)CCCC3)CC1. The first-order valence-corrected chi connectivity index (χ1v) is 8.29. The summed E-state index contributed by atoms with van der Waals surface area (Å²) >= 11 is 1.90. The van der Waals surface area contributed by atoms with Crippen LogP contribution in [0.4, 0.5) is 0 Å².